The number of amides is 1. The van der Waals surface area contributed by atoms with Crippen LogP contribution in [0.25, 0.3) is 0 Å². The zero-order valence-corrected chi connectivity index (χ0v) is 11.6. The van der Waals surface area contributed by atoms with Crippen LogP contribution < -0.4 is 10.6 Å². The number of anilines is 1. The van der Waals surface area contributed by atoms with Crippen molar-refractivity contribution in [1.82, 2.24) is 5.32 Å². The van der Waals surface area contributed by atoms with Gasteiger partial charge in [-0.3, -0.25) is 4.79 Å². The average Bonchev–Trinajstić information content (AvgIpc) is 2.91. The van der Waals surface area contributed by atoms with Crippen molar-refractivity contribution in [3.8, 4) is 0 Å². The number of hydrogen-bond acceptors (Lipinski definition) is 3. The van der Waals surface area contributed by atoms with E-state index < -0.39 is 5.82 Å². The van der Waals surface area contributed by atoms with E-state index in [9.17, 15) is 9.18 Å². The number of furan rings is 1. The molecular formula is C14H14ClFN2O2. The summed E-state index contributed by atoms with van der Waals surface area (Å²) in [4.78, 5) is 11.7. The van der Waals surface area contributed by atoms with Crippen LogP contribution in [-0.4, -0.2) is 12.5 Å². The molecular weight excluding hydrogens is 283 g/mol. The Morgan fingerprint density at radius 2 is 2.25 bits per heavy atom. The van der Waals surface area contributed by atoms with Crippen molar-refractivity contribution in [2.45, 2.75) is 13.0 Å². The summed E-state index contributed by atoms with van der Waals surface area (Å²) in [5.41, 5.74) is 0.232. The van der Waals surface area contributed by atoms with Gasteiger partial charge in [-0.2, -0.15) is 0 Å². The zero-order chi connectivity index (χ0) is 14.5. The first-order valence-electron chi connectivity index (χ1n) is 6.08. The third-order valence-corrected chi connectivity index (χ3v) is 2.95. The molecule has 4 nitrogen and oxygen atoms in total. The number of halogens is 2. The van der Waals surface area contributed by atoms with Gasteiger partial charge in [0.25, 0.3) is 0 Å². The van der Waals surface area contributed by atoms with Crippen LogP contribution in [0.5, 0.6) is 0 Å². The molecule has 2 aromatic rings. The summed E-state index contributed by atoms with van der Waals surface area (Å²) in [5.74, 6) is -0.0938. The standard InChI is InChI=1S/C14H14ClFN2O2/c1-9(13-3-2-6-20-13)18-14(19)8-17-12-5-4-10(15)7-11(12)16/h2-7,9,17H,8H2,1H3,(H,18,19). The van der Waals surface area contributed by atoms with E-state index in [1.54, 1.807) is 31.4 Å². The van der Waals surface area contributed by atoms with Gasteiger partial charge in [0.15, 0.2) is 0 Å². The molecule has 6 heteroatoms. The average molecular weight is 297 g/mol. The predicted octanol–water partition coefficient (Wildman–Crippen LogP) is 3.36. The normalized spacial score (nSPS) is 11.9. The van der Waals surface area contributed by atoms with Gasteiger partial charge in [0.2, 0.25) is 5.91 Å². The molecule has 0 aliphatic heterocycles. The summed E-state index contributed by atoms with van der Waals surface area (Å²) < 4.78 is 18.7. The Morgan fingerprint density at radius 1 is 1.45 bits per heavy atom. The number of benzene rings is 1. The molecule has 0 radical (unpaired) electrons. The largest absolute Gasteiger partial charge is 0.467 e. The van der Waals surface area contributed by atoms with E-state index in [4.69, 9.17) is 16.0 Å². The summed E-state index contributed by atoms with van der Waals surface area (Å²) in [6.45, 7) is 1.77. The maximum atomic E-state index is 13.5. The van der Waals surface area contributed by atoms with Gasteiger partial charge in [0.05, 0.1) is 24.5 Å². The summed E-state index contributed by atoms with van der Waals surface area (Å²) >= 11 is 5.65. The van der Waals surface area contributed by atoms with E-state index >= 15 is 0 Å². The third kappa shape index (κ3) is 3.74. The van der Waals surface area contributed by atoms with Crippen molar-refractivity contribution in [2.75, 3.05) is 11.9 Å². The molecule has 0 bridgehead atoms. The van der Waals surface area contributed by atoms with Gasteiger partial charge < -0.3 is 15.1 Å². The molecule has 1 aromatic heterocycles. The monoisotopic (exact) mass is 296 g/mol. The van der Waals surface area contributed by atoms with Crippen LogP contribution in [0.2, 0.25) is 5.02 Å². The number of hydrogen-bond donors (Lipinski definition) is 2. The summed E-state index contributed by atoms with van der Waals surface area (Å²) in [7, 11) is 0. The molecule has 1 heterocycles. The Kier molecular flexibility index (Phi) is 4.63. The molecule has 1 aromatic carbocycles. The summed E-state index contributed by atoms with van der Waals surface area (Å²) in [6, 6.07) is 7.51. The topological polar surface area (TPSA) is 54.3 Å². The van der Waals surface area contributed by atoms with E-state index in [1.807, 2.05) is 0 Å². The minimum absolute atomic E-state index is 0.0381. The van der Waals surface area contributed by atoms with Gasteiger partial charge in [-0.25, -0.2) is 4.39 Å². The SMILES string of the molecule is CC(NC(=O)CNc1ccc(Cl)cc1F)c1ccco1. The van der Waals surface area contributed by atoms with E-state index in [0.29, 0.717) is 10.8 Å². The highest BCUT2D eigenvalue weighted by atomic mass is 35.5. The van der Waals surface area contributed by atoms with E-state index in [2.05, 4.69) is 10.6 Å². The van der Waals surface area contributed by atoms with E-state index in [-0.39, 0.29) is 24.2 Å². The van der Waals surface area contributed by atoms with Gasteiger partial charge in [0, 0.05) is 5.02 Å². The van der Waals surface area contributed by atoms with Gasteiger partial charge in [-0.05, 0) is 37.3 Å². The first kappa shape index (κ1) is 14.4. The van der Waals surface area contributed by atoms with Crippen molar-refractivity contribution in [2.24, 2.45) is 0 Å². The second kappa shape index (κ2) is 6.43. The van der Waals surface area contributed by atoms with Crippen molar-refractivity contribution in [3.05, 3.63) is 53.2 Å². The Morgan fingerprint density at radius 3 is 2.90 bits per heavy atom. The Balaban J connectivity index is 1.86. The van der Waals surface area contributed by atoms with E-state index in [1.165, 1.54) is 12.1 Å². The van der Waals surface area contributed by atoms with Crippen LogP contribution in [0.4, 0.5) is 10.1 Å². The highest BCUT2D eigenvalue weighted by Crippen LogP contribution is 2.18. The Hall–Kier alpha value is -2.01. The van der Waals surface area contributed by atoms with Gasteiger partial charge in [0.1, 0.15) is 11.6 Å². The van der Waals surface area contributed by atoms with Crippen molar-refractivity contribution in [3.63, 3.8) is 0 Å². The number of carbonyl (C=O) groups is 1. The molecule has 0 saturated carbocycles. The lowest BCUT2D eigenvalue weighted by Gasteiger charge is -2.12. The van der Waals surface area contributed by atoms with Gasteiger partial charge >= 0.3 is 0 Å². The lowest BCUT2D eigenvalue weighted by molar-refractivity contribution is -0.120. The third-order valence-electron chi connectivity index (χ3n) is 2.72. The smallest absolute Gasteiger partial charge is 0.239 e. The lowest BCUT2D eigenvalue weighted by atomic mass is 10.2. The van der Waals surface area contributed by atoms with Crippen molar-refractivity contribution in [1.29, 1.82) is 0 Å². The Bertz CT molecular complexity index is 587. The molecule has 20 heavy (non-hydrogen) atoms. The maximum Gasteiger partial charge on any atom is 0.239 e. The van der Waals surface area contributed by atoms with Crippen LogP contribution in [0.15, 0.2) is 41.0 Å². The molecule has 106 valence electrons. The fraction of sp³-hybridized carbons (Fsp3) is 0.214. The minimum atomic E-state index is -0.496. The van der Waals surface area contributed by atoms with Crippen LogP contribution in [-0.2, 0) is 4.79 Å². The van der Waals surface area contributed by atoms with Crippen molar-refractivity contribution >= 4 is 23.2 Å². The summed E-state index contributed by atoms with van der Waals surface area (Å²) in [5, 5.41) is 5.76. The van der Waals surface area contributed by atoms with Crippen molar-refractivity contribution < 1.29 is 13.6 Å². The van der Waals surface area contributed by atoms with E-state index in [0.717, 1.165) is 0 Å². The first-order valence-corrected chi connectivity index (χ1v) is 6.46. The fourth-order valence-corrected chi connectivity index (χ4v) is 1.87. The second-order valence-electron chi connectivity index (χ2n) is 4.28. The van der Waals surface area contributed by atoms with Crippen LogP contribution >= 0.6 is 11.6 Å². The quantitative estimate of drug-likeness (QED) is 0.889. The fourth-order valence-electron chi connectivity index (χ4n) is 1.71. The summed E-state index contributed by atoms with van der Waals surface area (Å²) in [6.07, 6.45) is 1.54. The first-order chi connectivity index (χ1) is 9.56. The molecule has 1 amide bonds. The molecule has 2 rings (SSSR count). The number of rotatable bonds is 5. The second-order valence-corrected chi connectivity index (χ2v) is 4.72. The van der Waals surface area contributed by atoms with Crippen LogP contribution in [0, 0.1) is 5.82 Å². The zero-order valence-electron chi connectivity index (χ0n) is 10.8. The molecule has 0 fully saturated rings. The predicted molar refractivity (Wildman–Crippen MR) is 75.2 cm³/mol. The lowest BCUT2D eigenvalue weighted by Crippen LogP contribution is -2.32. The Labute approximate surface area is 120 Å². The van der Waals surface area contributed by atoms with Gasteiger partial charge in [-0.15, -0.1) is 0 Å². The molecule has 0 saturated heterocycles. The maximum absolute atomic E-state index is 13.5. The molecule has 1 unspecified atom stereocenters. The highest BCUT2D eigenvalue weighted by Gasteiger charge is 2.12. The molecule has 0 aliphatic carbocycles. The number of carbonyl (C=O) groups excluding carboxylic acids is 1. The van der Waals surface area contributed by atoms with Crippen LogP contribution in [0.3, 0.4) is 0 Å². The molecule has 1 atom stereocenters. The highest BCUT2D eigenvalue weighted by molar-refractivity contribution is 6.30. The molecule has 0 spiro atoms. The van der Waals surface area contributed by atoms with Crippen LogP contribution in [0.1, 0.15) is 18.7 Å². The molecule has 2 N–H and O–H groups in total. The molecule has 0 aliphatic rings. The minimum Gasteiger partial charge on any atom is -0.467 e. The van der Waals surface area contributed by atoms with Gasteiger partial charge in [-0.1, -0.05) is 11.6 Å². The number of nitrogens with one attached hydrogen (secondary N) is 2.